The highest BCUT2D eigenvalue weighted by atomic mass is 19.4. The number of halogens is 4. The van der Waals surface area contributed by atoms with Gasteiger partial charge in [-0.3, -0.25) is 14.3 Å². The Morgan fingerprint density at radius 2 is 1.91 bits per heavy atom. The van der Waals surface area contributed by atoms with E-state index in [1.807, 2.05) is 4.90 Å². The van der Waals surface area contributed by atoms with Crippen LogP contribution < -0.4 is 10.1 Å². The fourth-order valence-corrected chi connectivity index (χ4v) is 5.34. The van der Waals surface area contributed by atoms with E-state index < -0.39 is 23.8 Å². The van der Waals surface area contributed by atoms with Crippen LogP contribution in [0, 0.1) is 17.7 Å². The van der Waals surface area contributed by atoms with Crippen LogP contribution in [0.15, 0.2) is 36.0 Å². The summed E-state index contributed by atoms with van der Waals surface area (Å²) in [5.41, 5.74) is 4.03. The number of carbonyl (C=O) groups excluding carboxylic acids is 2. The number of likely N-dealkylation sites (tertiary alicyclic amines) is 1. The molecule has 0 spiro atoms. The van der Waals surface area contributed by atoms with Gasteiger partial charge in [-0.1, -0.05) is 16.9 Å². The summed E-state index contributed by atoms with van der Waals surface area (Å²) in [6.07, 6.45) is 1.72. The molecule has 4 heterocycles. The Morgan fingerprint density at radius 3 is 2.66 bits per heavy atom. The molecule has 1 aliphatic carbocycles. The van der Waals surface area contributed by atoms with Crippen molar-refractivity contribution in [2.24, 2.45) is 11.8 Å². The van der Waals surface area contributed by atoms with Crippen LogP contribution in [0.5, 0.6) is 5.75 Å². The Kier molecular flexibility index (Phi) is 8.29. The molecule has 0 atom stereocenters. The predicted octanol–water partition coefficient (Wildman–Crippen LogP) is 3.10. The fraction of sp³-hybridized carbons (Fsp3) is 0.448. The number of aryl methyl sites for hydroxylation is 2. The van der Waals surface area contributed by atoms with Gasteiger partial charge in [-0.2, -0.15) is 10.2 Å². The quantitative estimate of drug-likeness (QED) is 0.258. The zero-order valence-electron chi connectivity index (χ0n) is 23.5. The molecule has 1 aromatic carbocycles. The number of carbonyl (C=O) groups is 2. The lowest BCUT2D eigenvalue weighted by molar-refractivity contribution is -0.274. The van der Waals surface area contributed by atoms with Crippen LogP contribution in [0.25, 0.3) is 6.08 Å². The number of hydrogen-bond donors (Lipinski definition) is 1. The Morgan fingerprint density at radius 1 is 1.09 bits per heavy atom. The molecule has 0 unspecified atom stereocenters. The molecule has 2 amide bonds. The highest BCUT2D eigenvalue weighted by molar-refractivity contribution is 5.91. The van der Waals surface area contributed by atoms with Gasteiger partial charge in [0.2, 0.25) is 5.91 Å². The Hall–Kier alpha value is -4.40. The lowest BCUT2D eigenvalue weighted by Crippen LogP contribution is -2.55. The number of hydrogen-bond acceptors (Lipinski definition) is 8. The van der Waals surface area contributed by atoms with Crippen LogP contribution in [-0.2, 0) is 35.5 Å². The van der Waals surface area contributed by atoms with Gasteiger partial charge in [0.1, 0.15) is 11.6 Å². The molecule has 6 rings (SSSR count). The van der Waals surface area contributed by atoms with E-state index in [2.05, 4.69) is 42.7 Å². The summed E-state index contributed by atoms with van der Waals surface area (Å²) in [5, 5.41) is 19.0. The second-order valence-corrected chi connectivity index (χ2v) is 11.1. The average molecular weight is 616 g/mol. The third kappa shape index (κ3) is 6.87. The van der Waals surface area contributed by atoms with Gasteiger partial charge in [0, 0.05) is 44.1 Å². The number of unbranched alkanes of at least 4 members (excludes halogenated alkanes) is 1. The number of aromatic nitrogens is 5. The van der Waals surface area contributed by atoms with Crippen LogP contribution >= 0.6 is 0 Å². The van der Waals surface area contributed by atoms with E-state index in [4.69, 9.17) is 4.74 Å². The van der Waals surface area contributed by atoms with E-state index in [1.54, 1.807) is 0 Å². The van der Waals surface area contributed by atoms with Gasteiger partial charge in [-0.25, -0.2) is 4.39 Å². The van der Waals surface area contributed by atoms with Gasteiger partial charge in [-0.05, 0) is 49.1 Å². The van der Waals surface area contributed by atoms with Crippen LogP contribution in [0.2, 0.25) is 0 Å². The maximum atomic E-state index is 14.0. The maximum Gasteiger partial charge on any atom is 0.573 e. The summed E-state index contributed by atoms with van der Waals surface area (Å²) in [4.78, 5) is 26.7. The molecule has 0 saturated carbocycles. The lowest BCUT2D eigenvalue weighted by atomic mass is 9.89. The van der Waals surface area contributed by atoms with Crippen molar-refractivity contribution < 1.29 is 36.6 Å². The maximum absolute atomic E-state index is 14.0. The monoisotopic (exact) mass is 615 g/mol. The first-order chi connectivity index (χ1) is 21.1. The average Bonchev–Trinajstić information content (AvgIpc) is 3.55. The van der Waals surface area contributed by atoms with Crippen molar-refractivity contribution in [2.45, 2.75) is 45.1 Å². The minimum atomic E-state index is -4.92. The van der Waals surface area contributed by atoms with Gasteiger partial charge in [-0.15, -0.1) is 18.3 Å². The van der Waals surface area contributed by atoms with Gasteiger partial charge < -0.3 is 19.7 Å². The van der Waals surface area contributed by atoms with Crippen molar-refractivity contribution in [1.29, 1.82) is 0 Å². The van der Waals surface area contributed by atoms with Crippen LogP contribution in [0.3, 0.4) is 0 Å². The lowest BCUT2D eigenvalue weighted by Gasteiger charge is -2.43. The fourth-order valence-electron chi connectivity index (χ4n) is 5.34. The molecular formula is C29H29F4N7O4. The number of fused-ring (bicyclic) bond motifs is 1. The number of ether oxygens (including phenoxy) is 2. The highest BCUT2D eigenvalue weighted by Crippen LogP contribution is 2.34. The van der Waals surface area contributed by atoms with E-state index in [0.29, 0.717) is 32.1 Å². The van der Waals surface area contributed by atoms with E-state index in [1.165, 1.54) is 16.5 Å². The SMILES string of the molecule is O=C(NCc1cc(OC(F)(F)F)ccc1F)c1cn(CCCCc2cc3c(nn2)CC(C2CN(C(=O)C4COC4)C2)=C3)nn1. The van der Waals surface area contributed by atoms with Crippen LogP contribution in [-0.4, -0.2) is 74.6 Å². The van der Waals surface area contributed by atoms with Crippen molar-refractivity contribution in [3.8, 4) is 5.75 Å². The standard InChI is InChI=1S/C29H29F4N7O4/c30-24-5-4-23(44-29(31,32)33)9-19(24)11-34-27(41)26-14-40(38-37-26)6-2-1-3-22-8-18-7-17(10-25(18)36-35-22)20-12-39(13-20)28(42)21-15-43-16-21/h4-5,7-9,14,20-21H,1-3,6,10-13,15-16H2,(H,34,41). The van der Waals surface area contributed by atoms with Crippen molar-refractivity contribution in [2.75, 3.05) is 26.3 Å². The van der Waals surface area contributed by atoms with E-state index in [-0.39, 0.29) is 29.6 Å². The molecule has 1 N–H and O–H groups in total. The summed E-state index contributed by atoms with van der Waals surface area (Å²) in [6.45, 7) is 2.68. The second-order valence-electron chi connectivity index (χ2n) is 11.1. The van der Waals surface area contributed by atoms with Crippen molar-refractivity contribution in [1.82, 2.24) is 35.4 Å². The zero-order valence-corrected chi connectivity index (χ0v) is 23.5. The molecule has 3 aliphatic rings. The number of nitrogens with zero attached hydrogens (tertiary/aromatic N) is 6. The molecule has 11 nitrogen and oxygen atoms in total. The smallest absolute Gasteiger partial charge is 0.406 e. The first-order valence-electron chi connectivity index (χ1n) is 14.3. The van der Waals surface area contributed by atoms with Gasteiger partial charge in [0.05, 0.1) is 36.7 Å². The molecular weight excluding hydrogens is 586 g/mol. The van der Waals surface area contributed by atoms with Gasteiger partial charge in [0.25, 0.3) is 5.91 Å². The first kappa shape index (κ1) is 29.7. The topological polar surface area (TPSA) is 124 Å². The van der Waals surface area contributed by atoms with Crippen LogP contribution in [0.1, 0.15) is 45.8 Å². The molecule has 2 aromatic heterocycles. The Bertz CT molecular complexity index is 1580. The second kappa shape index (κ2) is 12.3. The van der Waals surface area contributed by atoms with Crippen molar-refractivity contribution >= 4 is 17.9 Å². The van der Waals surface area contributed by atoms with Crippen molar-refractivity contribution in [3.63, 3.8) is 0 Å². The molecule has 15 heteroatoms. The highest BCUT2D eigenvalue weighted by Gasteiger charge is 2.39. The van der Waals surface area contributed by atoms with E-state index >= 15 is 0 Å². The molecule has 2 saturated heterocycles. The molecule has 44 heavy (non-hydrogen) atoms. The number of benzene rings is 1. The third-order valence-corrected chi connectivity index (χ3v) is 7.90. The number of rotatable bonds is 11. The van der Waals surface area contributed by atoms with Gasteiger partial charge >= 0.3 is 6.36 Å². The zero-order chi connectivity index (χ0) is 30.8. The van der Waals surface area contributed by atoms with Crippen molar-refractivity contribution in [3.05, 3.63) is 70.1 Å². The van der Waals surface area contributed by atoms with Gasteiger partial charge in [0.15, 0.2) is 5.69 Å². The molecule has 3 aromatic rings. The predicted molar refractivity (Wildman–Crippen MR) is 145 cm³/mol. The Labute approximate surface area is 249 Å². The van der Waals surface area contributed by atoms with E-state index in [9.17, 15) is 27.2 Å². The number of nitrogens with one attached hydrogen (secondary N) is 1. The summed E-state index contributed by atoms with van der Waals surface area (Å²) < 4.78 is 61.8. The molecule has 0 radical (unpaired) electrons. The van der Waals surface area contributed by atoms with Crippen LogP contribution in [0.4, 0.5) is 17.6 Å². The minimum absolute atomic E-state index is 0.00353. The minimum Gasteiger partial charge on any atom is -0.406 e. The summed E-state index contributed by atoms with van der Waals surface area (Å²) in [5.74, 6) is -1.45. The summed E-state index contributed by atoms with van der Waals surface area (Å²) in [7, 11) is 0. The normalized spacial score (nSPS) is 16.6. The molecule has 232 valence electrons. The molecule has 2 aliphatic heterocycles. The number of alkyl halides is 3. The molecule has 2 fully saturated rings. The third-order valence-electron chi connectivity index (χ3n) is 7.90. The largest absolute Gasteiger partial charge is 0.573 e. The first-order valence-corrected chi connectivity index (χ1v) is 14.3. The Balaban J connectivity index is 0.931. The number of amides is 2. The molecule has 0 bridgehead atoms. The summed E-state index contributed by atoms with van der Waals surface area (Å²) >= 11 is 0. The van der Waals surface area contributed by atoms with E-state index in [0.717, 1.165) is 67.5 Å². The summed E-state index contributed by atoms with van der Waals surface area (Å²) in [6, 6.07) is 4.62.